The van der Waals surface area contributed by atoms with E-state index in [1.165, 1.54) is 23.4 Å². The topological polar surface area (TPSA) is 53.5 Å². The monoisotopic (exact) mass is 403 g/mol. The fourth-order valence-electron chi connectivity index (χ4n) is 2.94. The summed E-state index contributed by atoms with van der Waals surface area (Å²) in [6.07, 6.45) is -3.69. The number of aromatic nitrogens is 1. The summed E-state index contributed by atoms with van der Waals surface area (Å²) in [7, 11) is -3.77. The van der Waals surface area contributed by atoms with Gasteiger partial charge in [-0.05, 0) is 42.8 Å². The molecular weight excluding hydrogens is 386 g/mol. The van der Waals surface area contributed by atoms with Gasteiger partial charge in [-0.3, -0.25) is 0 Å². The van der Waals surface area contributed by atoms with Gasteiger partial charge in [0.1, 0.15) is 11.6 Å². The van der Waals surface area contributed by atoms with Crippen molar-refractivity contribution in [1.29, 1.82) is 0 Å². The number of pyridine rings is 1. The lowest BCUT2D eigenvalue weighted by Crippen LogP contribution is -2.49. The van der Waals surface area contributed by atoms with Crippen molar-refractivity contribution >= 4 is 15.8 Å². The Morgan fingerprint density at radius 2 is 1.70 bits per heavy atom. The van der Waals surface area contributed by atoms with Crippen LogP contribution >= 0.6 is 0 Å². The first-order valence-corrected chi connectivity index (χ1v) is 9.57. The zero-order valence-electron chi connectivity index (χ0n) is 14.4. The molecule has 0 saturated carbocycles. The van der Waals surface area contributed by atoms with E-state index in [2.05, 4.69) is 4.98 Å². The summed E-state index contributed by atoms with van der Waals surface area (Å²) in [6, 6.07) is 5.73. The third-order valence-corrected chi connectivity index (χ3v) is 6.45. The van der Waals surface area contributed by atoms with E-state index in [4.69, 9.17) is 0 Å². The SMILES string of the molecule is Cc1cc(F)ccc1S(=O)(=O)N1CCN(c2ccc(C(F)(F)F)cn2)CC1. The van der Waals surface area contributed by atoms with Crippen LogP contribution in [0, 0.1) is 12.7 Å². The quantitative estimate of drug-likeness (QED) is 0.740. The number of alkyl halides is 3. The van der Waals surface area contributed by atoms with Gasteiger partial charge in [0.15, 0.2) is 0 Å². The lowest BCUT2D eigenvalue weighted by Gasteiger charge is -2.35. The molecule has 0 bridgehead atoms. The van der Waals surface area contributed by atoms with Crippen LogP contribution in [-0.2, 0) is 16.2 Å². The number of nitrogens with zero attached hydrogens (tertiary/aromatic N) is 3. The Morgan fingerprint density at radius 1 is 1.04 bits per heavy atom. The van der Waals surface area contributed by atoms with Gasteiger partial charge in [-0.15, -0.1) is 0 Å². The van der Waals surface area contributed by atoms with E-state index in [0.717, 1.165) is 24.4 Å². The average molecular weight is 403 g/mol. The van der Waals surface area contributed by atoms with Crippen LogP contribution in [0.5, 0.6) is 0 Å². The first kappa shape index (κ1) is 19.6. The number of benzene rings is 1. The number of sulfonamides is 1. The van der Waals surface area contributed by atoms with Crippen LogP contribution < -0.4 is 4.90 Å². The van der Waals surface area contributed by atoms with Crippen LogP contribution in [0.1, 0.15) is 11.1 Å². The van der Waals surface area contributed by atoms with Crippen molar-refractivity contribution in [3.8, 4) is 0 Å². The molecule has 146 valence electrons. The highest BCUT2D eigenvalue weighted by molar-refractivity contribution is 7.89. The number of anilines is 1. The van der Waals surface area contributed by atoms with Gasteiger partial charge in [0, 0.05) is 32.4 Å². The maximum absolute atomic E-state index is 13.2. The summed E-state index contributed by atoms with van der Waals surface area (Å²) in [5, 5.41) is 0. The van der Waals surface area contributed by atoms with Crippen molar-refractivity contribution in [2.75, 3.05) is 31.1 Å². The Labute approximate surface area is 154 Å². The average Bonchev–Trinajstić information content (AvgIpc) is 2.61. The highest BCUT2D eigenvalue weighted by Gasteiger charge is 2.32. The minimum Gasteiger partial charge on any atom is -0.354 e. The third kappa shape index (κ3) is 4.06. The summed E-state index contributed by atoms with van der Waals surface area (Å²) in [5.74, 6) is -0.150. The summed E-state index contributed by atoms with van der Waals surface area (Å²) in [4.78, 5) is 5.61. The van der Waals surface area contributed by atoms with Gasteiger partial charge in [0.25, 0.3) is 0 Å². The zero-order chi connectivity index (χ0) is 19.8. The van der Waals surface area contributed by atoms with Crippen LogP contribution in [0.2, 0.25) is 0 Å². The predicted octanol–water partition coefficient (Wildman–Crippen LogP) is 3.06. The van der Waals surface area contributed by atoms with Gasteiger partial charge in [0.05, 0.1) is 10.5 Å². The minimum atomic E-state index is -4.45. The molecule has 0 N–H and O–H groups in total. The van der Waals surface area contributed by atoms with E-state index >= 15 is 0 Å². The molecule has 2 aromatic rings. The molecule has 5 nitrogen and oxygen atoms in total. The summed E-state index contributed by atoms with van der Waals surface area (Å²) in [5.41, 5.74) is -0.513. The number of halogens is 4. The Balaban J connectivity index is 1.71. The molecule has 0 unspecified atom stereocenters. The van der Waals surface area contributed by atoms with E-state index in [0.29, 0.717) is 11.4 Å². The zero-order valence-corrected chi connectivity index (χ0v) is 15.2. The largest absolute Gasteiger partial charge is 0.417 e. The van der Waals surface area contributed by atoms with Crippen molar-refractivity contribution in [2.45, 2.75) is 18.0 Å². The standard InChI is InChI=1S/C17H17F4N3O2S/c1-12-10-14(18)3-4-15(12)27(25,26)24-8-6-23(7-9-24)16-5-2-13(11-22-16)17(19,20)21/h2-5,10-11H,6-9H2,1H3. The van der Waals surface area contributed by atoms with Crippen LogP contribution in [0.15, 0.2) is 41.4 Å². The molecule has 0 amide bonds. The highest BCUT2D eigenvalue weighted by atomic mass is 32.2. The van der Waals surface area contributed by atoms with Gasteiger partial charge < -0.3 is 4.90 Å². The Bertz CT molecular complexity index is 922. The molecule has 0 radical (unpaired) electrons. The van der Waals surface area contributed by atoms with Crippen molar-refractivity contribution in [1.82, 2.24) is 9.29 Å². The molecule has 0 spiro atoms. The van der Waals surface area contributed by atoms with Crippen LogP contribution in [-0.4, -0.2) is 43.9 Å². The second-order valence-corrected chi connectivity index (χ2v) is 8.11. The van der Waals surface area contributed by atoms with E-state index in [-0.39, 0.29) is 31.1 Å². The molecule has 1 aliphatic rings. The fraction of sp³-hybridized carbons (Fsp3) is 0.353. The molecule has 10 heteroatoms. The van der Waals surface area contributed by atoms with Crippen LogP contribution in [0.4, 0.5) is 23.4 Å². The number of aryl methyl sites for hydroxylation is 1. The summed E-state index contributed by atoms with van der Waals surface area (Å²) >= 11 is 0. The lowest BCUT2D eigenvalue weighted by molar-refractivity contribution is -0.137. The molecule has 27 heavy (non-hydrogen) atoms. The Kier molecular flexibility index (Phi) is 5.13. The first-order valence-electron chi connectivity index (χ1n) is 8.13. The molecule has 0 atom stereocenters. The van der Waals surface area contributed by atoms with Gasteiger partial charge in [-0.25, -0.2) is 17.8 Å². The molecule has 1 aromatic carbocycles. The smallest absolute Gasteiger partial charge is 0.354 e. The maximum Gasteiger partial charge on any atom is 0.417 e. The van der Waals surface area contributed by atoms with Gasteiger partial charge in [-0.1, -0.05) is 0 Å². The van der Waals surface area contributed by atoms with E-state index < -0.39 is 27.6 Å². The van der Waals surface area contributed by atoms with Crippen LogP contribution in [0.25, 0.3) is 0 Å². The van der Waals surface area contributed by atoms with Gasteiger partial charge in [0.2, 0.25) is 10.0 Å². The molecule has 1 saturated heterocycles. The van der Waals surface area contributed by atoms with Gasteiger partial charge in [-0.2, -0.15) is 17.5 Å². The maximum atomic E-state index is 13.2. The number of rotatable bonds is 3. The molecule has 1 aromatic heterocycles. The molecule has 1 fully saturated rings. The van der Waals surface area contributed by atoms with Crippen molar-refractivity contribution in [3.05, 3.63) is 53.5 Å². The normalized spacial score (nSPS) is 16.6. The third-order valence-electron chi connectivity index (χ3n) is 4.39. The molecular formula is C17H17F4N3O2S. The van der Waals surface area contributed by atoms with E-state index in [1.54, 1.807) is 4.90 Å². The minimum absolute atomic E-state index is 0.0463. The van der Waals surface area contributed by atoms with E-state index in [9.17, 15) is 26.0 Å². The van der Waals surface area contributed by atoms with E-state index in [1.807, 2.05) is 0 Å². The molecule has 0 aliphatic carbocycles. The van der Waals surface area contributed by atoms with Gasteiger partial charge >= 0.3 is 6.18 Å². The Hall–Kier alpha value is -2.20. The molecule has 3 rings (SSSR count). The first-order chi connectivity index (χ1) is 12.6. The van der Waals surface area contributed by atoms with Crippen molar-refractivity contribution in [3.63, 3.8) is 0 Å². The summed E-state index contributed by atoms with van der Waals surface area (Å²) < 4.78 is 77.9. The molecule has 2 heterocycles. The second-order valence-electron chi connectivity index (χ2n) is 6.20. The fourth-order valence-corrected chi connectivity index (χ4v) is 4.57. The highest BCUT2D eigenvalue weighted by Crippen LogP contribution is 2.30. The number of hydrogen-bond donors (Lipinski definition) is 0. The number of piperazine rings is 1. The summed E-state index contributed by atoms with van der Waals surface area (Å²) in [6.45, 7) is 2.41. The number of hydrogen-bond acceptors (Lipinski definition) is 4. The predicted molar refractivity (Wildman–Crippen MR) is 91.3 cm³/mol. The second kappa shape index (κ2) is 7.08. The van der Waals surface area contributed by atoms with Crippen molar-refractivity contribution in [2.24, 2.45) is 0 Å². The Morgan fingerprint density at radius 3 is 2.22 bits per heavy atom. The lowest BCUT2D eigenvalue weighted by atomic mass is 10.2. The molecule has 1 aliphatic heterocycles. The van der Waals surface area contributed by atoms with Crippen molar-refractivity contribution < 1.29 is 26.0 Å². The van der Waals surface area contributed by atoms with Crippen LogP contribution in [0.3, 0.4) is 0 Å².